The van der Waals surface area contributed by atoms with E-state index in [-0.39, 0.29) is 35.9 Å². The highest BCUT2D eigenvalue weighted by Crippen LogP contribution is 2.42. The lowest BCUT2D eigenvalue weighted by Gasteiger charge is -2.34. The molecule has 368 valence electrons. The van der Waals surface area contributed by atoms with E-state index in [0.29, 0.717) is 76.0 Å². The molecule has 0 radical (unpaired) electrons. The Morgan fingerprint density at radius 3 is 1.43 bits per heavy atom. The Kier molecular flexibility index (Phi) is 12.6. The Bertz CT molecular complexity index is 2990. The van der Waals surface area contributed by atoms with Crippen molar-refractivity contribution in [3.05, 3.63) is 73.3 Å². The number of rotatable bonds is 13. The van der Waals surface area contributed by atoms with Crippen LogP contribution in [0.5, 0.6) is 11.8 Å². The summed E-state index contributed by atoms with van der Waals surface area (Å²) < 4.78 is 42.4. The van der Waals surface area contributed by atoms with E-state index >= 15 is 0 Å². The Hall–Kier alpha value is -6.31. The summed E-state index contributed by atoms with van der Waals surface area (Å²) in [5.74, 6) is 1.58. The number of carbonyl (C=O) groups excluding carboxylic acids is 2. The number of benzene rings is 2. The number of anilines is 2. The first kappa shape index (κ1) is 46.1. The van der Waals surface area contributed by atoms with Gasteiger partial charge >= 0.3 is 0 Å². The van der Waals surface area contributed by atoms with Gasteiger partial charge in [0.2, 0.25) is 33.6 Å². The summed E-state index contributed by atoms with van der Waals surface area (Å²) >= 11 is 0. The normalized spacial score (nSPS) is 21.9. The van der Waals surface area contributed by atoms with Gasteiger partial charge in [-0.15, -0.1) is 0 Å². The number of fused-ring (bicyclic) bond motifs is 2. The summed E-state index contributed by atoms with van der Waals surface area (Å²) in [5.41, 5.74) is 9.56. The number of pyridine rings is 2. The van der Waals surface area contributed by atoms with Crippen molar-refractivity contribution in [3.63, 3.8) is 0 Å². The molecule has 0 unspecified atom stereocenters. The van der Waals surface area contributed by atoms with E-state index in [4.69, 9.17) is 24.4 Å². The summed E-state index contributed by atoms with van der Waals surface area (Å²) in [6, 6.07) is 21.8. The van der Waals surface area contributed by atoms with Crippen LogP contribution in [0.4, 0.5) is 11.4 Å². The Morgan fingerprint density at radius 1 is 0.614 bits per heavy atom. The van der Waals surface area contributed by atoms with E-state index in [0.717, 1.165) is 102 Å². The molecule has 4 atom stereocenters. The summed E-state index contributed by atoms with van der Waals surface area (Å²) in [5, 5.41) is 9.21. The molecular formula is C51H62N12O6S. The maximum atomic E-state index is 11.8. The molecule has 19 heteroatoms. The van der Waals surface area contributed by atoms with Gasteiger partial charge in [0, 0.05) is 125 Å². The van der Waals surface area contributed by atoms with Crippen LogP contribution in [-0.2, 0) is 19.6 Å². The third kappa shape index (κ3) is 9.87. The highest BCUT2D eigenvalue weighted by atomic mass is 32.2. The number of nitrogens with zero attached hydrogens (tertiary/aromatic N) is 9. The largest absolute Gasteiger partial charge is 0.473 e. The average Bonchev–Trinajstić information content (AvgIpc) is 4.20. The van der Waals surface area contributed by atoms with Gasteiger partial charge in [-0.2, -0.15) is 4.31 Å². The van der Waals surface area contributed by atoms with Gasteiger partial charge in [0.25, 0.3) is 0 Å². The van der Waals surface area contributed by atoms with E-state index in [9.17, 15) is 18.0 Å². The smallest absolute Gasteiger partial charge is 0.241 e. The molecule has 3 N–H and O–H groups in total. The molecule has 18 nitrogen and oxygen atoms in total. The van der Waals surface area contributed by atoms with Gasteiger partial charge in [-0.25, -0.2) is 28.4 Å². The first-order valence-corrected chi connectivity index (χ1v) is 26.7. The van der Waals surface area contributed by atoms with Gasteiger partial charge in [-0.1, -0.05) is 24.3 Å². The van der Waals surface area contributed by atoms with Crippen LogP contribution in [-0.4, -0.2) is 138 Å². The molecule has 0 bridgehead atoms. The van der Waals surface area contributed by atoms with Crippen molar-refractivity contribution < 1.29 is 27.5 Å². The summed E-state index contributed by atoms with van der Waals surface area (Å²) in [6.07, 6.45) is 10.3. The van der Waals surface area contributed by atoms with Crippen molar-refractivity contribution in [2.45, 2.75) is 76.7 Å². The van der Waals surface area contributed by atoms with E-state index in [2.05, 4.69) is 82.3 Å². The molecule has 6 fully saturated rings. The molecule has 2 saturated carbocycles. The zero-order valence-corrected chi connectivity index (χ0v) is 40.9. The highest BCUT2D eigenvalue weighted by molar-refractivity contribution is 7.88. The minimum absolute atomic E-state index is 0.0631. The lowest BCUT2D eigenvalue weighted by Crippen LogP contribution is -2.48. The van der Waals surface area contributed by atoms with Crippen molar-refractivity contribution in [1.29, 1.82) is 0 Å². The SMILES string of the molecule is C[C@@H](Oc1nc(-c2ccc(N3CCN(S(C)(=O)=O)CC3)cc2)cc2ncn(C3CC3)c12)[C@H]1CNC(=O)C1.C[C@@H](Oc1nc(-c2ccc(N3CCNCC3)cc2)cc2ncn(C3CC3)c12)[C@H]1CNC(=O)C1. The second-order valence-electron chi connectivity index (χ2n) is 19.8. The van der Waals surface area contributed by atoms with Gasteiger partial charge in [0.15, 0.2) is 0 Å². The van der Waals surface area contributed by atoms with Crippen LogP contribution >= 0.6 is 0 Å². The monoisotopic (exact) mass is 970 g/mol. The Morgan fingerprint density at radius 2 is 1.04 bits per heavy atom. The molecule has 12 rings (SSSR count). The number of piperazine rings is 2. The van der Waals surface area contributed by atoms with Crippen molar-refractivity contribution in [1.82, 2.24) is 49.3 Å². The minimum Gasteiger partial charge on any atom is -0.473 e. The summed E-state index contributed by atoms with van der Waals surface area (Å²) in [7, 11) is -3.15. The lowest BCUT2D eigenvalue weighted by atomic mass is 10.0. The van der Waals surface area contributed by atoms with Crippen LogP contribution in [0.25, 0.3) is 44.6 Å². The molecule has 6 aliphatic rings. The summed E-state index contributed by atoms with van der Waals surface area (Å²) in [6.45, 7) is 11.7. The zero-order chi connectivity index (χ0) is 48.1. The molecule has 8 heterocycles. The highest BCUT2D eigenvalue weighted by Gasteiger charge is 2.34. The molecule has 2 aliphatic carbocycles. The number of amides is 2. The maximum absolute atomic E-state index is 11.8. The van der Waals surface area contributed by atoms with Gasteiger partial charge in [0.1, 0.15) is 23.2 Å². The predicted octanol–water partition coefficient (Wildman–Crippen LogP) is 5.16. The molecule has 4 aromatic heterocycles. The molecular weight excluding hydrogens is 909 g/mol. The third-order valence-electron chi connectivity index (χ3n) is 14.7. The van der Waals surface area contributed by atoms with E-state index in [1.54, 1.807) is 0 Å². The number of hydrogen-bond donors (Lipinski definition) is 3. The standard InChI is InChI=1S/C26H32N6O4S.C25H30N6O2/c1-17(19-13-24(33)27-15-19)36-26-25-23(28-16-32(25)21-7-8-21)14-22(29-26)18-3-5-20(6-4-18)30-9-11-31(12-10-30)37(2,34)35;1-16(18-12-23(32)27-14-18)33-25-24-22(28-15-31(24)20-6-7-20)13-21(29-25)17-2-4-19(5-3-17)30-10-8-26-9-11-30/h3-6,14,16-17,19,21H,7-13,15H2,1-2H3,(H,27,33);2-5,13,15-16,18,20,26H,6-12,14H2,1H3,(H,27,32)/t17-,19-;16-,18-/m11/s1. The fourth-order valence-corrected chi connectivity index (χ4v) is 10.9. The Labute approximate surface area is 408 Å². The molecule has 2 aromatic carbocycles. The molecule has 0 spiro atoms. The minimum atomic E-state index is -3.15. The van der Waals surface area contributed by atoms with Crippen LogP contribution < -0.4 is 35.2 Å². The molecule has 70 heavy (non-hydrogen) atoms. The van der Waals surface area contributed by atoms with Crippen LogP contribution in [0.1, 0.15) is 64.5 Å². The van der Waals surface area contributed by atoms with Crippen molar-refractivity contribution in [2.75, 3.05) is 81.5 Å². The molecule has 6 aromatic rings. The van der Waals surface area contributed by atoms with Crippen molar-refractivity contribution in [2.24, 2.45) is 11.8 Å². The fraction of sp³-hybridized carbons (Fsp3) is 0.490. The average molecular weight is 971 g/mol. The fourth-order valence-electron chi connectivity index (χ4n) is 10.1. The number of hydrogen-bond acceptors (Lipinski definition) is 13. The number of sulfonamides is 1. The van der Waals surface area contributed by atoms with E-state index in [1.807, 2.05) is 44.7 Å². The first-order valence-electron chi connectivity index (χ1n) is 24.9. The molecule has 4 saturated heterocycles. The van der Waals surface area contributed by atoms with Gasteiger partial charge in [0.05, 0.1) is 41.3 Å². The van der Waals surface area contributed by atoms with Crippen molar-refractivity contribution in [3.8, 4) is 34.3 Å². The third-order valence-corrected chi connectivity index (χ3v) is 16.0. The number of ether oxygens (including phenoxy) is 2. The quantitative estimate of drug-likeness (QED) is 0.138. The Balaban J connectivity index is 0.000000153. The second-order valence-corrected chi connectivity index (χ2v) is 21.8. The first-order chi connectivity index (χ1) is 33.9. The zero-order valence-electron chi connectivity index (χ0n) is 40.1. The molecule has 4 aliphatic heterocycles. The number of nitrogens with one attached hydrogen (secondary N) is 3. The van der Waals surface area contributed by atoms with Gasteiger partial charge in [-0.3, -0.25) is 9.59 Å². The predicted molar refractivity (Wildman–Crippen MR) is 269 cm³/mol. The van der Waals surface area contributed by atoms with Crippen molar-refractivity contribution >= 4 is 55.3 Å². The number of aromatic nitrogens is 6. The number of carbonyl (C=O) groups is 2. The van der Waals surface area contributed by atoms with E-state index in [1.165, 1.54) is 16.2 Å². The van der Waals surface area contributed by atoms with Crippen LogP contribution in [0.15, 0.2) is 73.3 Å². The van der Waals surface area contributed by atoms with Gasteiger partial charge in [-0.05, 0) is 75.9 Å². The number of imidazole rings is 2. The topological polar surface area (TPSA) is 194 Å². The second kappa shape index (κ2) is 19.1. The van der Waals surface area contributed by atoms with Crippen LogP contribution in [0, 0.1) is 11.8 Å². The maximum Gasteiger partial charge on any atom is 0.241 e. The summed E-state index contributed by atoms with van der Waals surface area (Å²) in [4.78, 5) is 47.4. The van der Waals surface area contributed by atoms with Crippen LogP contribution in [0.2, 0.25) is 0 Å². The lowest BCUT2D eigenvalue weighted by molar-refractivity contribution is -0.120. The molecule has 2 amide bonds. The van der Waals surface area contributed by atoms with Gasteiger partial charge < -0.3 is 44.4 Å². The van der Waals surface area contributed by atoms with Crippen LogP contribution in [0.3, 0.4) is 0 Å². The van der Waals surface area contributed by atoms with E-state index < -0.39 is 10.0 Å².